The standard InChI is InChI=1S/C16H25ClN4O/c1-13-18-15(17)11-16(19-13)21-8-5-14(12-21)22-10-9-20-6-3-2-4-7-20/h11,14H,2-10,12H2,1H3. The molecule has 3 heterocycles. The van der Waals surface area contributed by atoms with E-state index in [0.29, 0.717) is 11.3 Å². The zero-order valence-electron chi connectivity index (χ0n) is 13.3. The molecular weight excluding hydrogens is 300 g/mol. The first-order valence-electron chi connectivity index (χ1n) is 8.31. The number of rotatable bonds is 5. The number of halogens is 1. The molecule has 1 atom stereocenters. The minimum Gasteiger partial charge on any atom is -0.375 e. The Kier molecular flexibility index (Phi) is 5.50. The molecular formula is C16H25ClN4O. The van der Waals surface area contributed by atoms with Gasteiger partial charge in [-0.3, -0.25) is 0 Å². The summed E-state index contributed by atoms with van der Waals surface area (Å²) in [6.07, 6.45) is 5.42. The van der Waals surface area contributed by atoms with Gasteiger partial charge in [0.1, 0.15) is 16.8 Å². The number of hydrogen-bond acceptors (Lipinski definition) is 5. The molecule has 1 aromatic rings. The summed E-state index contributed by atoms with van der Waals surface area (Å²) in [4.78, 5) is 13.3. The number of hydrogen-bond donors (Lipinski definition) is 0. The molecule has 0 bridgehead atoms. The van der Waals surface area contributed by atoms with Gasteiger partial charge in [0.05, 0.1) is 12.7 Å². The first-order chi connectivity index (χ1) is 10.7. The van der Waals surface area contributed by atoms with E-state index in [9.17, 15) is 0 Å². The van der Waals surface area contributed by atoms with Gasteiger partial charge in [-0.1, -0.05) is 18.0 Å². The number of anilines is 1. The molecule has 0 aromatic carbocycles. The van der Waals surface area contributed by atoms with Gasteiger partial charge in [0, 0.05) is 25.7 Å². The van der Waals surface area contributed by atoms with Crippen LogP contribution in [0.15, 0.2) is 6.07 Å². The zero-order chi connectivity index (χ0) is 15.4. The highest BCUT2D eigenvalue weighted by Gasteiger charge is 2.24. The van der Waals surface area contributed by atoms with Crippen molar-refractivity contribution < 1.29 is 4.74 Å². The predicted molar refractivity (Wildman–Crippen MR) is 88.6 cm³/mol. The Morgan fingerprint density at radius 3 is 2.82 bits per heavy atom. The normalized spacial score (nSPS) is 23.2. The Balaban J connectivity index is 1.43. The fraction of sp³-hybridized carbons (Fsp3) is 0.750. The largest absolute Gasteiger partial charge is 0.375 e. The van der Waals surface area contributed by atoms with Crippen molar-refractivity contribution in [3.8, 4) is 0 Å². The summed E-state index contributed by atoms with van der Waals surface area (Å²) in [6, 6.07) is 1.84. The molecule has 2 aliphatic rings. The minimum absolute atomic E-state index is 0.304. The van der Waals surface area contributed by atoms with E-state index in [0.717, 1.165) is 44.3 Å². The summed E-state index contributed by atoms with van der Waals surface area (Å²) in [7, 11) is 0. The van der Waals surface area contributed by atoms with Gasteiger partial charge in [0.15, 0.2) is 0 Å². The second kappa shape index (κ2) is 7.57. The van der Waals surface area contributed by atoms with Gasteiger partial charge in [-0.25, -0.2) is 9.97 Å². The maximum atomic E-state index is 6.06. The Morgan fingerprint density at radius 1 is 1.23 bits per heavy atom. The summed E-state index contributed by atoms with van der Waals surface area (Å²) < 4.78 is 6.06. The van der Waals surface area contributed by atoms with Crippen molar-refractivity contribution in [3.05, 3.63) is 17.0 Å². The van der Waals surface area contributed by atoms with Crippen LogP contribution in [0.25, 0.3) is 0 Å². The second-order valence-electron chi connectivity index (χ2n) is 6.23. The molecule has 22 heavy (non-hydrogen) atoms. The van der Waals surface area contributed by atoms with E-state index in [-0.39, 0.29) is 0 Å². The van der Waals surface area contributed by atoms with Crippen molar-refractivity contribution in [1.82, 2.24) is 14.9 Å². The van der Waals surface area contributed by atoms with Crippen LogP contribution >= 0.6 is 11.6 Å². The second-order valence-corrected chi connectivity index (χ2v) is 6.61. The lowest BCUT2D eigenvalue weighted by atomic mass is 10.1. The molecule has 3 rings (SSSR count). The van der Waals surface area contributed by atoms with E-state index in [1.54, 1.807) is 0 Å². The van der Waals surface area contributed by atoms with Crippen LogP contribution in [0.4, 0.5) is 5.82 Å². The quantitative estimate of drug-likeness (QED) is 0.778. The lowest BCUT2D eigenvalue weighted by molar-refractivity contribution is 0.0467. The van der Waals surface area contributed by atoms with Gasteiger partial charge < -0.3 is 14.5 Å². The van der Waals surface area contributed by atoms with Crippen molar-refractivity contribution in [2.75, 3.05) is 44.2 Å². The molecule has 0 N–H and O–H groups in total. The average molecular weight is 325 g/mol. The Morgan fingerprint density at radius 2 is 2.05 bits per heavy atom. The monoisotopic (exact) mass is 324 g/mol. The van der Waals surface area contributed by atoms with Crippen LogP contribution in [-0.4, -0.2) is 60.3 Å². The van der Waals surface area contributed by atoms with Crippen LogP contribution < -0.4 is 4.90 Å². The summed E-state index contributed by atoms with van der Waals surface area (Å²) in [6.45, 7) is 8.11. The van der Waals surface area contributed by atoms with E-state index < -0.39 is 0 Å². The molecule has 1 aromatic heterocycles. The SMILES string of the molecule is Cc1nc(Cl)cc(N2CCC(OCCN3CCCCC3)C2)n1. The lowest BCUT2D eigenvalue weighted by Crippen LogP contribution is -2.34. The smallest absolute Gasteiger partial charge is 0.134 e. The topological polar surface area (TPSA) is 41.5 Å². The van der Waals surface area contributed by atoms with Gasteiger partial charge >= 0.3 is 0 Å². The van der Waals surface area contributed by atoms with Crippen LogP contribution in [0.3, 0.4) is 0 Å². The highest BCUT2D eigenvalue weighted by Crippen LogP contribution is 2.22. The van der Waals surface area contributed by atoms with Crippen molar-refractivity contribution in [3.63, 3.8) is 0 Å². The van der Waals surface area contributed by atoms with Gasteiger partial charge in [0.2, 0.25) is 0 Å². The molecule has 0 spiro atoms. The zero-order valence-corrected chi connectivity index (χ0v) is 14.1. The number of likely N-dealkylation sites (tertiary alicyclic amines) is 1. The molecule has 2 aliphatic heterocycles. The number of aromatic nitrogens is 2. The molecule has 0 aliphatic carbocycles. The van der Waals surface area contributed by atoms with Crippen molar-refractivity contribution in [2.24, 2.45) is 0 Å². The summed E-state index contributed by atoms with van der Waals surface area (Å²) >= 11 is 6.02. The van der Waals surface area contributed by atoms with Crippen LogP contribution in [0.5, 0.6) is 0 Å². The first-order valence-corrected chi connectivity index (χ1v) is 8.68. The van der Waals surface area contributed by atoms with Crippen LogP contribution in [0.2, 0.25) is 5.15 Å². The molecule has 1 unspecified atom stereocenters. The molecule has 0 saturated carbocycles. The first kappa shape index (κ1) is 16.0. The van der Waals surface area contributed by atoms with E-state index in [1.807, 2.05) is 13.0 Å². The molecule has 0 radical (unpaired) electrons. The Labute approximate surface area is 137 Å². The van der Waals surface area contributed by atoms with E-state index in [4.69, 9.17) is 16.3 Å². The third-order valence-electron chi connectivity index (χ3n) is 4.47. The van der Waals surface area contributed by atoms with Gasteiger partial charge in [-0.05, 0) is 39.3 Å². The molecule has 0 amide bonds. The van der Waals surface area contributed by atoms with Crippen LogP contribution in [-0.2, 0) is 4.74 Å². The predicted octanol–water partition coefficient (Wildman–Crippen LogP) is 2.52. The maximum absolute atomic E-state index is 6.06. The summed E-state index contributed by atoms with van der Waals surface area (Å²) in [5.74, 6) is 1.64. The minimum atomic E-state index is 0.304. The Bertz CT molecular complexity index is 473. The van der Waals surface area contributed by atoms with E-state index in [2.05, 4.69) is 19.8 Å². The molecule has 5 nitrogen and oxygen atoms in total. The van der Waals surface area contributed by atoms with Crippen molar-refractivity contribution in [2.45, 2.75) is 38.7 Å². The lowest BCUT2D eigenvalue weighted by Gasteiger charge is -2.26. The highest BCUT2D eigenvalue weighted by molar-refractivity contribution is 6.29. The number of nitrogens with zero attached hydrogens (tertiary/aromatic N) is 4. The number of piperidine rings is 1. The fourth-order valence-corrected chi connectivity index (χ4v) is 3.50. The molecule has 2 fully saturated rings. The van der Waals surface area contributed by atoms with E-state index >= 15 is 0 Å². The maximum Gasteiger partial charge on any atom is 0.134 e. The summed E-state index contributed by atoms with van der Waals surface area (Å²) in [5.41, 5.74) is 0. The third-order valence-corrected chi connectivity index (χ3v) is 4.67. The van der Waals surface area contributed by atoms with Gasteiger partial charge in [-0.15, -0.1) is 0 Å². The summed E-state index contributed by atoms with van der Waals surface area (Å²) in [5, 5.41) is 0.511. The van der Waals surface area contributed by atoms with Gasteiger partial charge in [0.25, 0.3) is 0 Å². The number of ether oxygens (including phenoxy) is 1. The van der Waals surface area contributed by atoms with Crippen molar-refractivity contribution >= 4 is 17.4 Å². The van der Waals surface area contributed by atoms with Crippen LogP contribution in [0.1, 0.15) is 31.5 Å². The van der Waals surface area contributed by atoms with Crippen LogP contribution in [0, 0.1) is 6.92 Å². The Hall–Kier alpha value is -0.910. The number of aryl methyl sites for hydroxylation is 1. The third kappa shape index (κ3) is 4.31. The molecule has 6 heteroatoms. The average Bonchev–Trinajstić information content (AvgIpc) is 2.96. The van der Waals surface area contributed by atoms with E-state index in [1.165, 1.54) is 32.4 Å². The molecule has 2 saturated heterocycles. The van der Waals surface area contributed by atoms with Crippen molar-refractivity contribution in [1.29, 1.82) is 0 Å². The fourth-order valence-electron chi connectivity index (χ4n) is 3.28. The highest BCUT2D eigenvalue weighted by atomic mass is 35.5. The molecule has 122 valence electrons. The van der Waals surface area contributed by atoms with Gasteiger partial charge in [-0.2, -0.15) is 0 Å².